The number of hydrogen-bond acceptors (Lipinski definition) is 4. The summed E-state index contributed by atoms with van der Waals surface area (Å²) in [5, 5.41) is 7.75. The molecular formula is C19H18ClN3O3S. The third-order valence-electron chi connectivity index (χ3n) is 4.01. The number of rotatable bonds is 4. The molecule has 1 N–H and O–H groups in total. The van der Waals surface area contributed by atoms with Crippen LogP contribution in [0.2, 0.25) is 5.02 Å². The molecule has 27 heavy (non-hydrogen) atoms. The third kappa shape index (κ3) is 4.20. The van der Waals surface area contributed by atoms with Gasteiger partial charge in [0.2, 0.25) is 0 Å². The van der Waals surface area contributed by atoms with Crippen LogP contribution in [0.4, 0.5) is 5.82 Å². The largest absolute Gasteiger partial charge is 0.306 e. The monoisotopic (exact) mass is 403 g/mol. The van der Waals surface area contributed by atoms with Gasteiger partial charge in [-0.25, -0.2) is 13.1 Å². The zero-order chi connectivity index (χ0) is 19.8. The van der Waals surface area contributed by atoms with E-state index in [9.17, 15) is 13.2 Å². The highest BCUT2D eigenvalue weighted by Gasteiger charge is 2.17. The molecule has 0 unspecified atom stereocenters. The number of hydrogen-bond donors (Lipinski definition) is 1. The minimum Gasteiger partial charge on any atom is -0.306 e. The molecule has 1 amide bonds. The second-order valence-corrected chi connectivity index (χ2v) is 8.72. The highest BCUT2D eigenvalue weighted by Crippen LogP contribution is 2.22. The van der Waals surface area contributed by atoms with Crippen molar-refractivity contribution in [1.82, 2.24) is 9.78 Å². The number of sulfone groups is 1. The fourth-order valence-electron chi connectivity index (χ4n) is 2.65. The van der Waals surface area contributed by atoms with Crippen molar-refractivity contribution in [1.29, 1.82) is 0 Å². The molecule has 1 heterocycles. The van der Waals surface area contributed by atoms with Crippen LogP contribution in [-0.2, 0) is 9.84 Å². The highest BCUT2D eigenvalue weighted by atomic mass is 35.5. The molecular weight excluding hydrogens is 386 g/mol. The Hall–Kier alpha value is -2.64. The van der Waals surface area contributed by atoms with E-state index in [4.69, 9.17) is 11.6 Å². The van der Waals surface area contributed by atoms with E-state index in [2.05, 4.69) is 10.4 Å². The Bertz CT molecular complexity index is 1140. The second kappa shape index (κ2) is 7.17. The smallest absolute Gasteiger partial charge is 0.257 e. The zero-order valence-electron chi connectivity index (χ0n) is 15.0. The van der Waals surface area contributed by atoms with Crippen molar-refractivity contribution < 1.29 is 13.2 Å². The minimum absolute atomic E-state index is 0.0952. The van der Waals surface area contributed by atoms with E-state index in [-0.39, 0.29) is 10.5 Å². The number of halogens is 1. The van der Waals surface area contributed by atoms with Gasteiger partial charge in [0.15, 0.2) is 9.84 Å². The summed E-state index contributed by atoms with van der Waals surface area (Å²) in [6.45, 7) is 3.56. The SMILES string of the molecule is Cc1cc(NC(=O)c2cc(S(C)(=O)=O)ccc2C)n(-c2cccc(Cl)c2)n1. The Morgan fingerprint density at radius 3 is 2.52 bits per heavy atom. The van der Waals surface area contributed by atoms with Crippen molar-refractivity contribution in [2.24, 2.45) is 0 Å². The predicted octanol–water partition coefficient (Wildman–Crippen LogP) is 3.80. The van der Waals surface area contributed by atoms with Crippen LogP contribution >= 0.6 is 11.6 Å². The summed E-state index contributed by atoms with van der Waals surface area (Å²) in [7, 11) is -3.41. The van der Waals surface area contributed by atoms with Crippen LogP contribution in [0.3, 0.4) is 0 Å². The van der Waals surface area contributed by atoms with Crippen LogP contribution in [-0.4, -0.2) is 30.4 Å². The first-order valence-corrected chi connectivity index (χ1v) is 10.4. The molecule has 0 radical (unpaired) electrons. The number of nitrogens with one attached hydrogen (secondary N) is 1. The van der Waals surface area contributed by atoms with Gasteiger partial charge < -0.3 is 5.32 Å². The number of anilines is 1. The van der Waals surface area contributed by atoms with Gasteiger partial charge in [0, 0.05) is 22.9 Å². The van der Waals surface area contributed by atoms with Crippen LogP contribution in [0.25, 0.3) is 5.69 Å². The van der Waals surface area contributed by atoms with Gasteiger partial charge in [-0.3, -0.25) is 4.79 Å². The summed E-state index contributed by atoms with van der Waals surface area (Å²) in [6, 6.07) is 13.3. The molecule has 0 spiro atoms. The maximum atomic E-state index is 12.8. The van der Waals surface area contributed by atoms with Gasteiger partial charge >= 0.3 is 0 Å². The molecule has 0 aliphatic rings. The van der Waals surface area contributed by atoms with Crippen molar-refractivity contribution in [3.63, 3.8) is 0 Å². The third-order valence-corrected chi connectivity index (χ3v) is 5.35. The average molecular weight is 404 g/mol. The van der Waals surface area contributed by atoms with Gasteiger partial charge in [-0.1, -0.05) is 23.7 Å². The van der Waals surface area contributed by atoms with Gasteiger partial charge in [0.1, 0.15) is 5.82 Å². The van der Waals surface area contributed by atoms with E-state index < -0.39 is 15.7 Å². The van der Waals surface area contributed by atoms with E-state index >= 15 is 0 Å². The van der Waals surface area contributed by atoms with Crippen molar-refractivity contribution in [3.8, 4) is 5.69 Å². The maximum absolute atomic E-state index is 12.8. The molecule has 140 valence electrons. The Balaban J connectivity index is 1.99. The number of aryl methyl sites for hydroxylation is 2. The molecule has 1 aromatic heterocycles. The van der Waals surface area contributed by atoms with E-state index in [1.807, 2.05) is 13.0 Å². The normalized spacial score (nSPS) is 11.4. The number of carbonyl (C=O) groups excluding carboxylic acids is 1. The number of benzene rings is 2. The van der Waals surface area contributed by atoms with Gasteiger partial charge in [-0.2, -0.15) is 5.10 Å². The first kappa shape index (κ1) is 19.1. The van der Waals surface area contributed by atoms with Crippen molar-refractivity contribution in [3.05, 3.63) is 70.4 Å². The molecule has 0 aliphatic heterocycles. The molecule has 0 aliphatic carbocycles. The first-order chi connectivity index (χ1) is 12.6. The summed E-state index contributed by atoms with van der Waals surface area (Å²) in [4.78, 5) is 12.9. The van der Waals surface area contributed by atoms with Gasteiger partial charge in [-0.05, 0) is 49.7 Å². The summed E-state index contributed by atoms with van der Waals surface area (Å²) in [5.41, 5.74) is 2.37. The van der Waals surface area contributed by atoms with Crippen LogP contribution < -0.4 is 5.32 Å². The van der Waals surface area contributed by atoms with Crippen LogP contribution in [0, 0.1) is 13.8 Å². The fraction of sp³-hybridized carbons (Fsp3) is 0.158. The topological polar surface area (TPSA) is 81.1 Å². The van der Waals surface area contributed by atoms with Gasteiger partial charge in [0.05, 0.1) is 16.3 Å². The predicted molar refractivity (Wildman–Crippen MR) is 106 cm³/mol. The lowest BCUT2D eigenvalue weighted by Gasteiger charge is -2.11. The molecule has 0 fully saturated rings. The Morgan fingerprint density at radius 1 is 1.11 bits per heavy atom. The maximum Gasteiger partial charge on any atom is 0.257 e. The number of aromatic nitrogens is 2. The summed E-state index contributed by atoms with van der Waals surface area (Å²) in [5.74, 6) is 0.0464. The first-order valence-electron chi connectivity index (χ1n) is 8.10. The van der Waals surface area contributed by atoms with E-state index in [1.165, 1.54) is 12.1 Å². The number of amides is 1. The molecule has 0 saturated carbocycles. The van der Waals surface area contributed by atoms with E-state index in [1.54, 1.807) is 41.9 Å². The standard InChI is InChI=1S/C19H18ClN3O3S/c1-12-7-8-16(27(3,25)26)11-17(12)19(24)21-18-9-13(2)22-23(18)15-6-4-5-14(20)10-15/h4-11H,1-3H3,(H,21,24). The fourth-order valence-corrected chi connectivity index (χ4v) is 3.48. The van der Waals surface area contributed by atoms with E-state index in [0.29, 0.717) is 27.8 Å². The summed E-state index contributed by atoms with van der Waals surface area (Å²) < 4.78 is 25.2. The molecule has 3 aromatic rings. The molecule has 6 nitrogen and oxygen atoms in total. The van der Waals surface area contributed by atoms with Gasteiger partial charge in [0.25, 0.3) is 5.91 Å². The molecule has 8 heteroatoms. The van der Waals surface area contributed by atoms with E-state index in [0.717, 1.165) is 6.26 Å². The molecule has 0 saturated heterocycles. The molecule has 2 aromatic carbocycles. The highest BCUT2D eigenvalue weighted by molar-refractivity contribution is 7.90. The lowest BCUT2D eigenvalue weighted by molar-refractivity contribution is 0.102. The Morgan fingerprint density at radius 2 is 1.85 bits per heavy atom. The zero-order valence-corrected chi connectivity index (χ0v) is 16.6. The van der Waals surface area contributed by atoms with Gasteiger partial charge in [-0.15, -0.1) is 0 Å². The van der Waals surface area contributed by atoms with Crippen molar-refractivity contribution in [2.45, 2.75) is 18.7 Å². The Kier molecular flexibility index (Phi) is 5.08. The van der Waals surface area contributed by atoms with Crippen molar-refractivity contribution in [2.75, 3.05) is 11.6 Å². The number of carbonyl (C=O) groups is 1. The minimum atomic E-state index is -3.41. The summed E-state index contributed by atoms with van der Waals surface area (Å²) in [6.07, 6.45) is 1.11. The lowest BCUT2D eigenvalue weighted by atomic mass is 10.1. The van der Waals surface area contributed by atoms with Crippen LogP contribution in [0.1, 0.15) is 21.6 Å². The quantitative estimate of drug-likeness (QED) is 0.718. The molecule has 0 bridgehead atoms. The number of nitrogens with zero attached hydrogens (tertiary/aromatic N) is 2. The van der Waals surface area contributed by atoms with Crippen molar-refractivity contribution >= 4 is 33.2 Å². The second-order valence-electron chi connectivity index (χ2n) is 6.27. The van der Waals surface area contributed by atoms with Crippen LogP contribution in [0.15, 0.2) is 53.4 Å². The summed E-state index contributed by atoms with van der Waals surface area (Å²) >= 11 is 6.05. The Labute approximate surface area is 162 Å². The lowest BCUT2D eigenvalue weighted by Crippen LogP contribution is -2.17. The molecule has 0 atom stereocenters. The molecule has 3 rings (SSSR count). The average Bonchev–Trinajstić information content (AvgIpc) is 2.94. The van der Waals surface area contributed by atoms with Crippen LogP contribution in [0.5, 0.6) is 0 Å².